The molecule has 2 fully saturated rings. The zero-order valence-electron chi connectivity index (χ0n) is 8.52. The lowest BCUT2D eigenvalue weighted by molar-refractivity contribution is -0.137. The van der Waals surface area contributed by atoms with E-state index in [1.807, 2.05) is 0 Å². The molecule has 0 aliphatic carbocycles. The van der Waals surface area contributed by atoms with Gasteiger partial charge in [0.1, 0.15) is 5.38 Å². The number of carbonyl (C=O) groups is 1. The van der Waals surface area contributed by atoms with Crippen LogP contribution in [0.2, 0.25) is 0 Å². The van der Waals surface area contributed by atoms with Crippen LogP contribution in [0.4, 0.5) is 0 Å². The molecule has 2 aliphatic heterocycles. The van der Waals surface area contributed by atoms with Crippen molar-refractivity contribution in [3.63, 3.8) is 0 Å². The van der Waals surface area contributed by atoms with Crippen LogP contribution in [-0.2, 0) is 14.6 Å². The molecule has 4 nitrogen and oxygen atoms in total. The predicted octanol–water partition coefficient (Wildman–Crippen LogP) is 0.117. The van der Waals surface area contributed by atoms with Gasteiger partial charge >= 0.3 is 0 Å². The van der Waals surface area contributed by atoms with Crippen LogP contribution in [0.5, 0.6) is 0 Å². The molecule has 0 aromatic carbocycles. The van der Waals surface area contributed by atoms with Crippen molar-refractivity contribution in [3.8, 4) is 0 Å². The second-order valence-electron chi connectivity index (χ2n) is 4.46. The summed E-state index contributed by atoms with van der Waals surface area (Å²) in [5.41, 5.74) is 0. The highest BCUT2D eigenvalue weighted by molar-refractivity contribution is 7.92. The second-order valence-corrected chi connectivity index (χ2v) is 7.26. The van der Waals surface area contributed by atoms with Crippen molar-refractivity contribution in [3.05, 3.63) is 0 Å². The minimum atomic E-state index is -2.74. The lowest BCUT2D eigenvalue weighted by Gasteiger charge is -2.46. The number of nitrogens with zero attached hydrogens (tertiary/aromatic N) is 1. The highest BCUT2D eigenvalue weighted by Crippen LogP contribution is 2.33. The largest absolute Gasteiger partial charge is 0.341 e. The molecule has 2 heterocycles. The molecular formula is C9H14ClNO3S. The number of carbonyl (C=O) groups excluding carboxylic acids is 1. The molecule has 6 heteroatoms. The van der Waals surface area contributed by atoms with E-state index in [-0.39, 0.29) is 11.8 Å². The van der Waals surface area contributed by atoms with Crippen molar-refractivity contribution in [2.24, 2.45) is 11.8 Å². The number of likely N-dealkylation sites (tertiary alicyclic amines) is 1. The van der Waals surface area contributed by atoms with E-state index in [0.717, 1.165) is 0 Å². The molecule has 1 amide bonds. The maximum absolute atomic E-state index is 11.4. The maximum Gasteiger partial charge on any atom is 0.240 e. The smallest absolute Gasteiger partial charge is 0.240 e. The Morgan fingerprint density at radius 1 is 1.33 bits per heavy atom. The van der Waals surface area contributed by atoms with Gasteiger partial charge in [-0.2, -0.15) is 0 Å². The molecule has 0 N–H and O–H groups in total. The Morgan fingerprint density at radius 3 is 2.27 bits per heavy atom. The summed E-state index contributed by atoms with van der Waals surface area (Å²) in [5.74, 6) is 1.19. The average molecular weight is 252 g/mol. The average Bonchev–Trinajstić information content (AvgIpc) is 1.97. The van der Waals surface area contributed by atoms with Gasteiger partial charge in [0.05, 0.1) is 11.5 Å². The minimum Gasteiger partial charge on any atom is -0.341 e. The maximum atomic E-state index is 11.4. The molecule has 0 radical (unpaired) electrons. The fourth-order valence-corrected chi connectivity index (χ4v) is 4.01. The zero-order chi connectivity index (χ0) is 11.2. The minimum absolute atomic E-state index is 0.0462. The summed E-state index contributed by atoms with van der Waals surface area (Å²) in [6.45, 7) is 3.01. The number of rotatable bonds is 2. The number of hydrogen-bond acceptors (Lipinski definition) is 3. The van der Waals surface area contributed by atoms with Gasteiger partial charge in [0.15, 0.2) is 9.84 Å². The Morgan fingerprint density at radius 2 is 1.87 bits per heavy atom. The Bertz CT molecular complexity index is 361. The summed E-state index contributed by atoms with van der Waals surface area (Å²) in [4.78, 5) is 13.1. The number of sulfone groups is 1. The van der Waals surface area contributed by atoms with Crippen LogP contribution in [0.3, 0.4) is 0 Å². The van der Waals surface area contributed by atoms with Crippen molar-refractivity contribution < 1.29 is 13.2 Å². The van der Waals surface area contributed by atoms with Gasteiger partial charge in [0.2, 0.25) is 5.91 Å². The molecule has 1 unspecified atom stereocenters. The zero-order valence-corrected chi connectivity index (χ0v) is 10.1. The molecule has 2 rings (SSSR count). The van der Waals surface area contributed by atoms with Gasteiger partial charge in [0, 0.05) is 13.1 Å². The monoisotopic (exact) mass is 251 g/mol. The third-order valence-electron chi connectivity index (χ3n) is 3.16. The molecule has 0 spiro atoms. The predicted molar refractivity (Wildman–Crippen MR) is 57.5 cm³/mol. The van der Waals surface area contributed by atoms with Crippen LogP contribution in [-0.4, -0.2) is 49.2 Å². The standard InChI is InChI=1S/C9H14ClNO3S/c1-6(10)9(12)11-2-7(3-11)8-4-15(13,14)5-8/h6-8H,2-5H2,1H3. The second kappa shape index (κ2) is 3.63. The van der Waals surface area contributed by atoms with Crippen molar-refractivity contribution in [2.75, 3.05) is 24.6 Å². The lowest BCUT2D eigenvalue weighted by Crippen LogP contribution is -2.58. The molecular weight excluding hydrogens is 238 g/mol. The Kier molecular flexibility index (Phi) is 2.71. The van der Waals surface area contributed by atoms with Gasteiger partial charge in [-0.05, 0) is 18.8 Å². The van der Waals surface area contributed by atoms with Gasteiger partial charge < -0.3 is 4.90 Å². The van der Waals surface area contributed by atoms with Crippen LogP contribution in [0.15, 0.2) is 0 Å². The third-order valence-corrected chi connectivity index (χ3v) is 5.22. The number of alkyl halides is 1. The lowest BCUT2D eigenvalue weighted by atomic mass is 9.87. The first kappa shape index (κ1) is 11.2. The highest BCUT2D eigenvalue weighted by atomic mass is 35.5. The first-order valence-electron chi connectivity index (χ1n) is 5.02. The molecule has 86 valence electrons. The fraction of sp³-hybridized carbons (Fsp3) is 0.889. The summed E-state index contributed by atoms with van der Waals surface area (Å²) in [7, 11) is -2.74. The van der Waals surface area contributed by atoms with Crippen LogP contribution in [0.1, 0.15) is 6.92 Å². The van der Waals surface area contributed by atoms with Crippen LogP contribution in [0, 0.1) is 11.8 Å². The van der Waals surface area contributed by atoms with E-state index >= 15 is 0 Å². The third kappa shape index (κ3) is 2.13. The van der Waals surface area contributed by atoms with Crippen LogP contribution < -0.4 is 0 Å². The van der Waals surface area contributed by atoms with Crippen LogP contribution in [0.25, 0.3) is 0 Å². The molecule has 0 bridgehead atoms. The molecule has 15 heavy (non-hydrogen) atoms. The fourth-order valence-electron chi connectivity index (χ4n) is 2.12. The van der Waals surface area contributed by atoms with Gasteiger partial charge in [-0.15, -0.1) is 11.6 Å². The molecule has 2 saturated heterocycles. The topological polar surface area (TPSA) is 54.5 Å². The van der Waals surface area contributed by atoms with E-state index in [4.69, 9.17) is 11.6 Å². The number of hydrogen-bond donors (Lipinski definition) is 0. The Balaban J connectivity index is 1.78. The van der Waals surface area contributed by atoms with E-state index in [2.05, 4.69) is 0 Å². The molecule has 0 aromatic rings. The van der Waals surface area contributed by atoms with Crippen molar-refractivity contribution in [1.82, 2.24) is 4.90 Å². The molecule has 0 aromatic heterocycles. The van der Waals surface area contributed by atoms with Gasteiger partial charge in [-0.3, -0.25) is 4.79 Å². The normalized spacial score (nSPS) is 28.0. The van der Waals surface area contributed by atoms with Crippen molar-refractivity contribution in [2.45, 2.75) is 12.3 Å². The molecule has 1 atom stereocenters. The van der Waals surface area contributed by atoms with Crippen molar-refractivity contribution in [1.29, 1.82) is 0 Å². The highest BCUT2D eigenvalue weighted by Gasteiger charge is 2.45. The van der Waals surface area contributed by atoms with Gasteiger partial charge in [0.25, 0.3) is 0 Å². The van der Waals surface area contributed by atoms with E-state index in [1.54, 1.807) is 11.8 Å². The van der Waals surface area contributed by atoms with Gasteiger partial charge in [-0.1, -0.05) is 0 Å². The first-order valence-corrected chi connectivity index (χ1v) is 7.28. The van der Waals surface area contributed by atoms with Crippen molar-refractivity contribution >= 4 is 27.3 Å². The van der Waals surface area contributed by atoms with E-state index < -0.39 is 15.2 Å². The van der Waals surface area contributed by atoms with Gasteiger partial charge in [-0.25, -0.2) is 8.42 Å². The Hall–Kier alpha value is -0.290. The summed E-state index contributed by atoms with van der Waals surface area (Å²) < 4.78 is 21.9. The number of amides is 1. The summed E-state index contributed by atoms with van der Waals surface area (Å²) >= 11 is 5.67. The van der Waals surface area contributed by atoms with E-state index in [1.165, 1.54) is 0 Å². The summed E-state index contributed by atoms with van der Waals surface area (Å²) in [6, 6.07) is 0. The van der Waals surface area contributed by atoms with E-state index in [9.17, 15) is 13.2 Å². The summed E-state index contributed by atoms with van der Waals surface area (Å²) in [6.07, 6.45) is 0. The molecule has 0 saturated carbocycles. The summed E-state index contributed by atoms with van der Waals surface area (Å²) in [5, 5.41) is -0.476. The van der Waals surface area contributed by atoms with Crippen LogP contribution >= 0.6 is 11.6 Å². The van der Waals surface area contributed by atoms with E-state index in [0.29, 0.717) is 30.5 Å². The molecule has 2 aliphatic rings. The quantitative estimate of drug-likeness (QED) is 0.655. The Labute approximate surface area is 94.5 Å². The first-order chi connectivity index (χ1) is 6.89. The number of halogens is 1. The SMILES string of the molecule is CC(Cl)C(=O)N1CC(C2CS(=O)(=O)C2)C1.